The van der Waals surface area contributed by atoms with Crippen LogP contribution in [-0.2, 0) is 25.4 Å². The predicted octanol–water partition coefficient (Wildman–Crippen LogP) is -0.0532. The number of alkyl carbamates (subject to hydrolysis) is 1. The molecule has 0 unspecified atom stereocenters. The molecule has 1 saturated heterocycles. The fraction of sp³-hybridized carbons (Fsp3) is 0.545. The Morgan fingerprint density at radius 2 is 1.82 bits per heavy atom. The second-order valence-corrected chi connectivity index (χ2v) is 8.93. The zero-order valence-corrected chi connectivity index (χ0v) is 18.6. The number of H-pyrrole nitrogens is 1. The molecule has 0 radical (unpaired) electrons. The van der Waals surface area contributed by atoms with E-state index < -0.39 is 61.0 Å². The molecule has 0 saturated carbocycles. The Morgan fingerprint density at radius 3 is 2.52 bits per heavy atom. The molecule has 182 valence electrons. The van der Waals surface area contributed by atoms with Crippen LogP contribution >= 0.6 is 0 Å². The van der Waals surface area contributed by atoms with Crippen LogP contribution < -0.4 is 5.32 Å². The largest absolute Gasteiger partial charge is 0.461 e. The van der Waals surface area contributed by atoms with Crippen molar-refractivity contribution in [2.24, 2.45) is 0 Å². The number of fused-ring (bicyclic) bond motifs is 1. The number of aliphatic hydroxyl groups is 4. The second-order valence-electron chi connectivity index (χ2n) is 8.93. The molecule has 1 fully saturated rings. The molecule has 0 spiro atoms. The number of carbonyl (C=O) groups is 2. The van der Waals surface area contributed by atoms with Gasteiger partial charge in [0.25, 0.3) is 0 Å². The van der Waals surface area contributed by atoms with Crippen molar-refractivity contribution < 1.29 is 44.2 Å². The number of aromatic nitrogens is 1. The zero-order chi connectivity index (χ0) is 24.3. The van der Waals surface area contributed by atoms with Crippen LogP contribution in [0, 0.1) is 0 Å². The highest BCUT2D eigenvalue weighted by atomic mass is 16.7. The Bertz CT molecular complexity index is 970. The van der Waals surface area contributed by atoms with E-state index in [4.69, 9.17) is 14.2 Å². The Labute approximate surface area is 190 Å². The van der Waals surface area contributed by atoms with Crippen LogP contribution in [0.15, 0.2) is 30.5 Å². The number of hydrogen-bond acceptors (Lipinski definition) is 9. The zero-order valence-electron chi connectivity index (χ0n) is 18.6. The van der Waals surface area contributed by atoms with Crippen LogP contribution in [0.1, 0.15) is 26.3 Å². The number of carbonyl (C=O) groups excluding carboxylic acids is 2. The van der Waals surface area contributed by atoms with Crippen molar-refractivity contribution in [2.45, 2.75) is 69.5 Å². The van der Waals surface area contributed by atoms with Crippen molar-refractivity contribution in [1.82, 2.24) is 10.3 Å². The van der Waals surface area contributed by atoms with Gasteiger partial charge in [-0.1, -0.05) is 18.2 Å². The number of para-hydroxylation sites is 1. The first-order chi connectivity index (χ1) is 15.5. The van der Waals surface area contributed by atoms with Gasteiger partial charge in [-0.3, -0.25) is 0 Å². The summed E-state index contributed by atoms with van der Waals surface area (Å²) in [7, 11) is 0. The smallest absolute Gasteiger partial charge is 0.408 e. The molecule has 6 N–H and O–H groups in total. The lowest BCUT2D eigenvalue weighted by atomic mass is 9.99. The van der Waals surface area contributed by atoms with E-state index in [9.17, 15) is 30.0 Å². The molecular formula is C22H30N2O9. The topological polar surface area (TPSA) is 171 Å². The molecule has 0 aliphatic carbocycles. The molecule has 1 aliphatic rings. The maximum absolute atomic E-state index is 12.9. The second kappa shape index (κ2) is 10.1. The van der Waals surface area contributed by atoms with Crippen molar-refractivity contribution in [2.75, 3.05) is 6.61 Å². The number of ether oxygens (including phenoxy) is 3. The first-order valence-electron chi connectivity index (χ1n) is 10.5. The fourth-order valence-electron chi connectivity index (χ4n) is 3.50. The van der Waals surface area contributed by atoms with E-state index in [0.29, 0.717) is 0 Å². The lowest BCUT2D eigenvalue weighted by molar-refractivity contribution is -0.287. The molecule has 3 rings (SSSR count). The summed E-state index contributed by atoms with van der Waals surface area (Å²) < 4.78 is 15.5. The number of aromatic amines is 1. The Balaban J connectivity index is 1.72. The third kappa shape index (κ3) is 6.21. The van der Waals surface area contributed by atoms with E-state index in [-0.39, 0.29) is 6.42 Å². The molecule has 1 aliphatic heterocycles. The molecule has 2 heterocycles. The van der Waals surface area contributed by atoms with Gasteiger partial charge in [-0.15, -0.1) is 0 Å². The SMILES string of the molecule is CC(C)(C)OC(=O)N[C@H](Cc1c[nH]c2ccccc12)C(=O)OC[C@@H]1O[C@@H](O)[C@@H](O)[C@H](O)[C@H]1O. The van der Waals surface area contributed by atoms with Gasteiger partial charge in [-0.2, -0.15) is 0 Å². The van der Waals surface area contributed by atoms with E-state index in [0.717, 1.165) is 16.5 Å². The minimum atomic E-state index is -1.76. The van der Waals surface area contributed by atoms with Gasteiger partial charge in [-0.25, -0.2) is 9.59 Å². The third-order valence-electron chi connectivity index (χ3n) is 5.15. The number of hydrogen-bond donors (Lipinski definition) is 6. The molecule has 2 aromatic rings. The Hall–Kier alpha value is -2.70. The van der Waals surface area contributed by atoms with E-state index in [2.05, 4.69) is 10.3 Å². The first-order valence-corrected chi connectivity index (χ1v) is 10.5. The Kier molecular flexibility index (Phi) is 7.60. The summed E-state index contributed by atoms with van der Waals surface area (Å²) in [6.07, 6.45) is -7.01. The molecule has 1 amide bonds. The van der Waals surface area contributed by atoms with Gasteiger partial charge in [0, 0.05) is 23.5 Å². The van der Waals surface area contributed by atoms with Gasteiger partial charge in [-0.05, 0) is 32.4 Å². The number of aliphatic hydroxyl groups excluding tert-OH is 4. The van der Waals surface area contributed by atoms with Crippen LogP contribution in [-0.4, -0.2) is 86.4 Å². The van der Waals surface area contributed by atoms with Gasteiger partial charge in [0.15, 0.2) is 6.29 Å². The van der Waals surface area contributed by atoms with E-state index in [1.54, 1.807) is 27.0 Å². The molecule has 1 aromatic carbocycles. The van der Waals surface area contributed by atoms with Crippen LogP contribution in [0.2, 0.25) is 0 Å². The number of nitrogens with one attached hydrogen (secondary N) is 2. The van der Waals surface area contributed by atoms with Crippen molar-refractivity contribution in [3.05, 3.63) is 36.0 Å². The highest BCUT2D eigenvalue weighted by Crippen LogP contribution is 2.22. The maximum atomic E-state index is 12.9. The standard InChI is InChI=1S/C22H30N2O9/c1-22(2,3)33-21(30)24-14(8-11-9-23-13-7-5-4-6-12(11)13)19(28)31-10-15-16(25)17(26)18(27)20(29)32-15/h4-7,9,14-18,20,23,25-27,29H,8,10H2,1-3H3,(H,24,30)/t14-,15+,16+,17-,18+,20-/m1/s1. The highest BCUT2D eigenvalue weighted by molar-refractivity contribution is 5.86. The minimum Gasteiger partial charge on any atom is -0.461 e. The fourth-order valence-corrected chi connectivity index (χ4v) is 3.50. The Morgan fingerprint density at radius 1 is 1.12 bits per heavy atom. The van der Waals surface area contributed by atoms with E-state index in [1.165, 1.54) is 0 Å². The molecule has 11 nitrogen and oxygen atoms in total. The van der Waals surface area contributed by atoms with E-state index >= 15 is 0 Å². The molecule has 6 atom stereocenters. The number of benzene rings is 1. The lowest BCUT2D eigenvalue weighted by Crippen LogP contribution is -2.59. The summed E-state index contributed by atoms with van der Waals surface area (Å²) in [4.78, 5) is 28.3. The summed E-state index contributed by atoms with van der Waals surface area (Å²) in [6.45, 7) is 4.53. The normalized spacial score (nSPS) is 26.6. The van der Waals surface area contributed by atoms with Crippen LogP contribution in [0.3, 0.4) is 0 Å². The van der Waals surface area contributed by atoms with Crippen molar-refractivity contribution in [3.63, 3.8) is 0 Å². The third-order valence-corrected chi connectivity index (χ3v) is 5.15. The lowest BCUT2D eigenvalue weighted by Gasteiger charge is -2.38. The number of amides is 1. The van der Waals surface area contributed by atoms with Crippen LogP contribution in [0.25, 0.3) is 10.9 Å². The average molecular weight is 466 g/mol. The highest BCUT2D eigenvalue weighted by Gasteiger charge is 2.43. The quantitative estimate of drug-likeness (QED) is 0.319. The van der Waals surface area contributed by atoms with E-state index in [1.807, 2.05) is 24.3 Å². The summed E-state index contributed by atoms with van der Waals surface area (Å²) >= 11 is 0. The monoisotopic (exact) mass is 466 g/mol. The van der Waals surface area contributed by atoms with Gasteiger partial charge in [0.05, 0.1) is 0 Å². The average Bonchev–Trinajstić information content (AvgIpc) is 3.14. The van der Waals surface area contributed by atoms with Crippen LogP contribution in [0.5, 0.6) is 0 Å². The summed E-state index contributed by atoms with van der Waals surface area (Å²) in [5, 5.41) is 42.4. The molecule has 1 aromatic heterocycles. The first kappa shape index (κ1) is 24.9. The van der Waals surface area contributed by atoms with Crippen molar-refractivity contribution in [1.29, 1.82) is 0 Å². The minimum absolute atomic E-state index is 0.0835. The van der Waals surface area contributed by atoms with Gasteiger partial charge in [0.2, 0.25) is 0 Å². The van der Waals surface area contributed by atoms with Gasteiger partial charge < -0.3 is 44.9 Å². The number of esters is 1. The molecule has 0 bridgehead atoms. The maximum Gasteiger partial charge on any atom is 0.408 e. The van der Waals surface area contributed by atoms with Gasteiger partial charge in [0.1, 0.15) is 42.7 Å². The van der Waals surface area contributed by atoms with Crippen LogP contribution in [0.4, 0.5) is 4.79 Å². The molecule has 33 heavy (non-hydrogen) atoms. The van der Waals surface area contributed by atoms with Crippen molar-refractivity contribution in [3.8, 4) is 0 Å². The summed E-state index contributed by atoms with van der Waals surface area (Å²) in [6, 6.07) is 6.32. The predicted molar refractivity (Wildman–Crippen MR) is 115 cm³/mol. The van der Waals surface area contributed by atoms with Gasteiger partial charge >= 0.3 is 12.1 Å². The molecule has 11 heteroatoms. The van der Waals surface area contributed by atoms with Crippen molar-refractivity contribution >= 4 is 23.0 Å². The molecular weight excluding hydrogens is 436 g/mol. The summed E-state index contributed by atoms with van der Waals surface area (Å²) in [5.74, 6) is -0.836. The number of rotatable bonds is 6. The summed E-state index contributed by atoms with van der Waals surface area (Å²) in [5.41, 5.74) is 0.829.